The van der Waals surface area contributed by atoms with Gasteiger partial charge in [0, 0.05) is 31.1 Å². The molecule has 0 radical (unpaired) electrons. The number of pyridine rings is 1. The molecule has 1 fully saturated rings. The molecule has 0 aliphatic heterocycles. The molecule has 3 rings (SSSR count). The Morgan fingerprint density at radius 2 is 2.12 bits per heavy atom. The highest BCUT2D eigenvalue weighted by atomic mass is 32.2. The molecule has 0 atom stereocenters. The first kappa shape index (κ1) is 18.9. The summed E-state index contributed by atoms with van der Waals surface area (Å²) in [5.74, 6) is 1.32. The average molecular weight is 375 g/mol. The van der Waals surface area contributed by atoms with Gasteiger partial charge in [-0.2, -0.15) is 0 Å². The topological polar surface area (TPSA) is 79.5 Å². The normalized spacial score (nSPS) is 16.0. The smallest absolute Gasteiger partial charge is 0.256 e. The summed E-state index contributed by atoms with van der Waals surface area (Å²) in [7, 11) is 1.74. The maximum atomic E-state index is 12.9. The van der Waals surface area contributed by atoms with Crippen LogP contribution in [-0.2, 0) is 5.75 Å². The molecule has 1 saturated carbocycles. The van der Waals surface area contributed by atoms with Gasteiger partial charge in [-0.1, -0.05) is 18.0 Å². The van der Waals surface area contributed by atoms with Gasteiger partial charge in [0.25, 0.3) is 5.91 Å². The van der Waals surface area contributed by atoms with Gasteiger partial charge in [-0.15, -0.1) is 11.8 Å². The van der Waals surface area contributed by atoms with Crippen LogP contribution in [-0.4, -0.2) is 45.2 Å². The van der Waals surface area contributed by atoms with E-state index in [2.05, 4.69) is 10.1 Å². The summed E-state index contributed by atoms with van der Waals surface area (Å²) in [6.45, 7) is 4.15. The van der Waals surface area contributed by atoms with Crippen LogP contribution in [0.5, 0.6) is 0 Å². The fourth-order valence-electron chi connectivity index (χ4n) is 3.43. The van der Waals surface area contributed by atoms with Gasteiger partial charge in [-0.25, -0.2) is 4.98 Å². The van der Waals surface area contributed by atoms with Gasteiger partial charge < -0.3 is 14.5 Å². The van der Waals surface area contributed by atoms with Crippen LogP contribution < -0.4 is 0 Å². The van der Waals surface area contributed by atoms with Crippen LogP contribution in [0.1, 0.15) is 53.1 Å². The summed E-state index contributed by atoms with van der Waals surface area (Å²) in [6.07, 6.45) is 5.24. The molecule has 1 aliphatic rings. The molecule has 0 spiro atoms. The number of aromatic nitrogens is 2. The Balaban J connectivity index is 1.72. The summed E-state index contributed by atoms with van der Waals surface area (Å²) >= 11 is 1.50. The van der Waals surface area contributed by atoms with Crippen LogP contribution in [0.3, 0.4) is 0 Å². The van der Waals surface area contributed by atoms with Crippen molar-refractivity contribution in [1.29, 1.82) is 0 Å². The number of hydrogen-bond acceptors (Lipinski definition) is 6. The molecule has 0 aromatic carbocycles. The Labute approximate surface area is 158 Å². The van der Waals surface area contributed by atoms with Gasteiger partial charge in [0.2, 0.25) is 0 Å². The molecule has 6 nitrogen and oxygen atoms in total. The number of thioether (sulfide) groups is 1. The van der Waals surface area contributed by atoms with Gasteiger partial charge in [0.05, 0.1) is 16.9 Å². The van der Waals surface area contributed by atoms with Gasteiger partial charge in [0.1, 0.15) is 10.8 Å². The van der Waals surface area contributed by atoms with Crippen molar-refractivity contribution in [3.8, 4) is 0 Å². The molecule has 0 saturated heterocycles. The lowest BCUT2D eigenvalue weighted by atomic mass is 10.0. The maximum Gasteiger partial charge on any atom is 0.256 e. The molecular weight excluding hydrogens is 350 g/mol. The number of hydrogen-bond donors (Lipinski definition) is 1. The van der Waals surface area contributed by atoms with E-state index in [1.165, 1.54) is 11.8 Å². The van der Waals surface area contributed by atoms with E-state index < -0.39 is 5.60 Å². The van der Waals surface area contributed by atoms with E-state index in [4.69, 9.17) is 4.52 Å². The quantitative estimate of drug-likeness (QED) is 0.780. The largest absolute Gasteiger partial charge is 0.388 e. The van der Waals surface area contributed by atoms with Crippen molar-refractivity contribution in [1.82, 2.24) is 15.0 Å². The minimum absolute atomic E-state index is 0.111. The molecule has 2 aromatic rings. The third-order valence-electron chi connectivity index (χ3n) is 4.95. The number of carbonyl (C=O) groups excluding carboxylic acids is 1. The van der Waals surface area contributed by atoms with Crippen molar-refractivity contribution < 1.29 is 14.4 Å². The predicted octanol–water partition coefficient (Wildman–Crippen LogP) is 3.36. The van der Waals surface area contributed by atoms with Crippen LogP contribution >= 0.6 is 11.8 Å². The van der Waals surface area contributed by atoms with Crippen LogP contribution in [0, 0.1) is 13.8 Å². The Bertz CT molecular complexity index is 765. The summed E-state index contributed by atoms with van der Waals surface area (Å²) in [4.78, 5) is 18.9. The van der Waals surface area contributed by atoms with Crippen molar-refractivity contribution in [3.63, 3.8) is 0 Å². The molecule has 1 aliphatic carbocycles. The number of carbonyl (C=O) groups is 1. The molecule has 7 heteroatoms. The van der Waals surface area contributed by atoms with Crippen molar-refractivity contribution >= 4 is 17.7 Å². The van der Waals surface area contributed by atoms with E-state index in [-0.39, 0.29) is 5.91 Å². The number of likely N-dealkylation sites (N-methyl/N-ethyl adjacent to an activating group) is 1. The number of nitrogens with zero attached hydrogens (tertiary/aromatic N) is 3. The summed E-state index contributed by atoms with van der Waals surface area (Å²) in [5, 5.41) is 15.2. The number of rotatable bonds is 6. The first-order chi connectivity index (χ1) is 12.4. The summed E-state index contributed by atoms with van der Waals surface area (Å²) in [6, 6.07) is 3.56. The Morgan fingerprint density at radius 1 is 1.38 bits per heavy atom. The van der Waals surface area contributed by atoms with Crippen molar-refractivity contribution in [2.75, 3.05) is 13.6 Å². The van der Waals surface area contributed by atoms with E-state index in [9.17, 15) is 9.90 Å². The molecule has 0 bridgehead atoms. The van der Waals surface area contributed by atoms with Gasteiger partial charge in [-0.05, 0) is 38.8 Å². The van der Waals surface area contributed by atoms with Gasteiger partial charge in [0.15, 0.2) is 0 Å². The van der Waals surface area contributed by atoms with Gasteiger partial charge >= 0.3 is 0 Å². The molecular formula is C19H25N3O3S. The first-order valence-corrected chi connectivity index (χ1v) is 9.85. The first-order valence-electron chi connectivity index (χ1n) is 8.87. The standard InChI is InChI=1S/C19H25N3O3S/c1-13-16(14(2)25-21-13)11-26-17-15(7-6-10-20-17)18(23)22(3)12-19(24)8-4-5-9-19/h6-7,10,24H,4-5,8-9,11-12H2,1-3H3. The van der Waals surface area contributed by atoms with E-state index >= 15 is 0 Å². The van der Waals surface area contributed by atoms with E-state index in [1.54, 1.807) is 30.3 Å². The van der Waals surface area contributed by atoms with Crippen LogP contribution in [0.4, 0.5) is 0 Å². The van der Waals surface area contributed by atoms with Crippen molar-refractivity contribution in [3.05, 3.63) is 40.9 Å². The Hall–Kier alpha value is -1.86. The minimum atomic E-state index is -0.753. The second-order valence-corrected chi connectivity index (χ2v) is 8.00. The third kappa shape index (κ3) is 4.10. The van der Waals surface area contributed by atoms with Crippen molar-refractivity contribution in [2.45, 2.75) is 55.9 Å². The molecule has 2 heterocycles. The number of aryl methyl sites for hydroxylation is 2. The lowest BCUT2D eigenvalue weighted by molar-refractivity contribution is 0.0155. The zero-order valence-corrected chi connectivity index (χ0v) is 16.3. The van der Waals surface area contributed by atoms with E-state index in [0.29, 0.717) is 22.9 Å². The van der Waals surface area contributed by atoms with Crippen LogP contribution in [0.15, 0.2) is 27.9 Å². The highest BCUT2D eigenvalue weighted by Gasteiger charge is 2.34. The maximum absolute atomic E-state index is 12.9. The Kier molecular flexibility index (Phi) is 5.67. The molecule has 1 N–H and O–H groups in total. The lowest BCUT2D eigenvalue weighted by Gasteiger charge is -2.29. The van der Waals surface area contributed by atoms with E-state index in [1.807, 2.05) is 13.8 Å². The molecule has 2 aromatic heterocycles. The highest BCUT2D eigenvalue weighted by Crippen LogP contribution is 2.31. The predicted molar refractivity (Wildman–Crippen MR) is 100 cm³/mol. The zero-order valence-electron chi connectivity index (χ0n) is 15.5. The molecule has 26 heavy (non-hydrogen) atoms. The summed E-state index contributed by atoms with van der Waals surface area (Å²) in [5.41, 5.74) is 1.71. The molecule has 0 unspecified atom stereocenters. The Morgan fingerprint density at radius 3 is 2.77 bits per heavy atom. The van der Waals surface area contributed by atoms with Crippen LogP contribution in [0.25, 0.3) is 0 Å². The van der Waals surface area contributed by atoms with Crippen molar-refractivity contribution in [2.24, 2.45) is 0 Å². The zero-order chi connectivity index (χ0) is 18.7. The highest BCUT2D eigenvalue weighted by molar-refractivity contribution is 7.98. The monoisotopic (exact) mass is 375 g/mol. The SMILES string of the molecule is Cc1noc(C)c1CSc1ncccc1C(=O)N(C)CC1(O)CCCC1. The third-order valence-corrected chi connectivity index (χ3v) is 5.98. The fourth-order valence-corrected chi connectivity index (χ4v) is 4.57. The fraction of sp³-hybridized carbons (Fsp3) is 0.526. The number of aliphatic hydroxyl groups is 1. The second kappa shape index (κ2) is 7.80. The van der Waals surface area contributed by atoms with E-state index in [0.717, 1.165) is 42.7 Å². The molecule has 140 valence electrons. The van der Waals surface area contributed by atoms with Gasteiger partial charge in [-0.3, -0.25) is 4.79 Å². The average Bonchev–Trinajstić information content (AvgIpc) is 3.18. The minimum Gasteiger partial charge on any atom is -0.388 e. The number of amides is 1. The molecule has 1 amide bonds. The lowest BCUT2D eigenvalue weighted by Crippen LogP contribution is -2.42. The van der Waals surface area contributed by atoms with Crippen LogP contribution in [0.2, 0.25) is 0 Å². The second-order valence-electron chi connectivity index (χ2n) is 7.04. The summed E-state index contributed by atoms with van der Waals surface area (Å²) < 4.78 is 5.20.